The third-order valence-corrected chi connectivity index (χ3v) is 4.77. The number of para-hydroxylation sites is 1. The van der Waals surface area contributed by atoms with Crippen molar-refractivity contribution in [1.82, 2.24) is 4.90 Å². The quantitative estimate of drug-likeness (QED) is 0.858. The van der Waals surface area contributed by atoms with Gasteiger partial charge in [-0.1, -0.05) is 35.9 Å². The van der Waals surface area contributed by atoms with Crippen molar-refractivity contribution in [2.45, 2.75) is 13.0 Å². The van der Waals surface area contributed by atoms with E-state index in [-0.39, 0.29) is 0 Å². The van der Waals surface area contributed by atoms with Gasteiger partial charge in [-0.05, 0) is 36.8 Å². The SMILES string of the molecule is Cc1ccc(Cl)cc1N1CCN(C[C@H](O)COc2ccccc2)CC1. The van der Waals surface area contributed by atoms with Gasteiger partial charge in [-0.25, -0.2) is 0 Å². The van der Waals surface area contributed by atoms with Crippen molar-refractivity contribution in [2.75, 3.05) is 44.2 Å². The number of piperazine rings is 1. The second-order valence-electron chi connectivity index (χ2n) is 6.50. The number of halogens is 1. The third-order valence-electron chi connectivity index (χ3n) is 4.54. The van der Waals surface area contributed by atoms with Gasteiger partial charge in [-0.2, -0.15) is 0 Å². The van der Waals surface area contributed by atoms with Crippen molar-refractivity contribution in [3.8, 4) is 5.75 Å². The molecule has 1 N–H and O–H groups in total. The van der Waals surface area contributed by atoms with Gasteiger partial charge in [0.2, 0.25) is 0 Å². The van der Waals surface area contributed by atoms with E-state index in [0.29, 0.717) is 13.2 Å². The smallest absolute Gasteiger partial charge is 0.119 e. The van der Waals surface area contributed by atoms with Gasteiger partial charge in [-0.15, -0.1) is 0 Å². The van der Waals surface area contributed by atoms with Crippen molar-refractivity contribution in [2.24, 2.45) is 0 Å². The van der Waals surface area contributed by atoms with Crippen LogP contribution in [0, 0.1) is 6.92 Å². The fraction of sp³-hybridized carbons (Fsp3) is 0.400. The predicted octanol–water partition coefficient (Wildman–Crippen LogP) is 3.21. The predicted molar refractivity (Wildman–Crippen MR) is 103 cm³/mol. The molecular weight excluding hydrogens is 336 g/mol. The van der Waals surface area contributed by atoms with E-state index in [4.69, 9.17) is 16.3 Å². The Bertz CT molecular complexity index is 673. The minimum Gasteiger partial charge on any atom is -0.491 e. The standard InChI is InChI=1S/C20H25ClN2O2/c1-16-7-8-17(21)13-20(16)23-11-9-22(10-12-23)14-18(24)15-25-19-5-3-2-4-6-19/h2-8,13,18,24H,9-12,14-15H2,1H3/t18-/m0/s1. The van der Waals surface area contributed by atoms with Gasteiger partial charge in [0.1, 0.15) is 18.5 Å². The molecule has 0 unspecified atom stereocenters. The molecule has 5 heteroatoms. The molecule has 4 nitrogen and oxygen atoms in total. The lowest BCUT2D eigenvalue weighted by molar-refractivity contribution is 0.0663. The highest BCUT2D eigenvalue weighted by Crippen LogP contribution is 2.25. The van der Waals surface area contributed by atoms with E-state index in [1.807, 2.05) is 42.5 Å². The summed E-state index contributed by atoms with van der Waals surface area (Å²) in [6.07, 6.45) is -0.486. The fourth-order valence-corrected chi connectivity index (χ4v) is 3.32. The summed E-state index contributed by atoms with van der Waals surface area (Å²) in [4.78, 5) is 4.65. The molecule has 1 saturated heterocycles. The fourth-order valence-electron chi connectivity index (χ4n) is 3.15. The number of ether oxygens (including phenoxy) is 1. The molecule has 134 valence electrons. The van der Waals surface area contributed by atoms with E-state index < -0.39 is 6.10 Å². The zero-order valence-electron chi connectivity index (χ0n) is 14.6. The molecule has 2 aromatic carbocycles. The highest BCUT2D eigenvalue weighted by Gasteiger charge is 2.20. The lowest BCUT2D eigenvalue weighted by Crippen LogP contribution is -2.49. The number of aliphatic hydroxyl groups is 1. The Morgan fingerprint density at radius 1 is 1.08 bits per heavy atom. The molecule has 25 heavy (non-hydrogen) atoms. The molecule has 0 aromatic heterocycles. The zero-order valence-corrected chi connectivity index (χ0v) is 15.3. The van der Waals surface area contributed by atoms with Crippen LogP contribution in [0.4, 0.5) is 5.69 Å². The largest absolute Gasteiger partial charge is 0.491 e. The summed E-state index contributed by atoms with van der Waals surface area (Å²) >= 11 is 6.13. The topological polar surface area (TPSA) is 35.9 Å². The average Bonchev–Trinajstić information content (AvgIpc) is 2.64. The third kappa shape index (κ3) is 5.11. The van der Waals surface area contributed by atoms with Crippen molar-refractivity contribution >= 4 is 17.3 Å². The normalized spacial score (nSPS) is 16.7. The first-order valence-corrected chi connectivity index (χ1v) is 9.09. The number of hydrogen-bond acceptors (Lipinski definition) is 4. The maximum atomic E-state index is 10.2. The van der Waals surface area contributed by atoms with E-state index in [1.165, 1.54) is 11.3 Å². The summed E-state index contributed by atoms with van der Waals surface area (Å²) in [5.74, 6) is 0.794. The molecule has 2 aromatic rings. The van der Waals surface area contributed by atoms with Crippen LogP contribution in [0.5, 0.6) is 5.75 Å². The molecule has 0 amide bonds. The Morgan fingerprint density at radius 3 is 2.52 bits per heavy atom. The molecule has 1 fully saturated rings. The average molecular weight is 361 g/mol. The number of hydrogen-bond donors (Lipinski definition) is 1. The number of anilines is 1. The molecule has 1 atom stereocenters. The van der Waals surface area contributed by atoms with E-state index in [2.05, 4.69) is 22.8 Å². The first-order chi connectivity index (χ1) is 12.1. The second-order valence-corrected chi connectivity index (χ2v) is 6.93. The van der Waals surface area contributed by atoms with Gasteiger partial charge in [0.05, 0.1) is 0 Å². The van der Waals surface area contributed by atoms with E-state index in [0.717, 1.165) is 37.0 Å². The summed E-state index contributed by atoms with van der Waals surface area (Å²) in [5, 5.41) is 11.0. The van der Waals surface area contributed by atoms with Crippen molar-refractivity contribution in [3.05, 3.63) is 59.1 Å². The van der Waals surface area contributed by atoms with Crippen molar-refractivity contribution in [1.29, 1.82) is 0 Å². The van der Waals surface area contributed by atoms with Crippen molar-refractivity contribution in [3.63, 3.8) is 0 Å². The Morgan fingerprint density at radius 2 is 1.80 bits per heavy atom. The van der Waals surface area contributed by atoms with Crippen LogP contribution in [0.25, 0.3) is 0 Å². The first kappa shape index (κ1) is 18.1. The number of nitrogens with zero attached hydrogens (tertiary/aromatic N) is 2. The van der Waals surface area contributed by atoms with Crippen LogP contribution in [0.2, 0.25) is 5.02 Å². The first-order valence-electron chi connectivity index (χ1n) is 8.71. The number of rotatable bonds is 6. The highest BCUT2D eigenvalue weighted by atomic mass is 35.5. The van der Waals surface area contributed by atoms with Gasteiger partial charge < -0.3 is 14.7 Å². The summed E-state index contributed by atoms with van der Waals surface area (Å²) in [6.45, 7) is 6.79. The minimum absolute atomic E-state index is 0.317. The van der Waals surface area contributed by atoms with Gasteiger partial charge in [-0.3, -0.25) is 4.90 Å². The summed E-state index contributed by atoms with van der Waals surface area (Å²) < 4.78 is 5.63. The van der Waals surface area contributed by atoms with Crippen LogP contribution >= 0.6 is 11.6 Å². The number of benzene rings is 2. The van der Waals surface area contributed by atoms with Crippen molar-refractivity contribution < 1.29 is 9.84 Å². The highest BCUT2D eigenvalue weighted by molar-refractivity contribution is 6.30. The van der Waals surface area contributed by atoms with Crippen LogP contribution in [-0.2, 0) is 0 Å². The lowest BCUT2D eigenvalue weighted by Gasteiger charge is -2.37. The molecule has 0 spiro atoms. The zero-order chi connectivity index (χ0) is 17.6. The summed E-state index contributed by atoms with van der Waals surface area (Å²) in [6, 6.07) is 15.6. The summed E-state index contributed by atoms with van der Waals surface area (Å²) in [7, 11) is 0. The molecule has 0 radical (unpaired) electrons. The van der Waals surface area contributed by atoms with Crippen LogP contribution in [0.1, 0.15) is 5.56 Å². The van der Waals surface area contributed by atoms with Crippen LogP contribution in [0.15, 0.2) is 48.5 Å². The van der Waals surface area contributed by atoms with Gasteiger partial charge >= 0.3 is 0 Å². The Hall–Kier alpha value is -1.75. The molecular formula is C20H25ClN2O2. The summed E-state index contributed by atoms with van der Waals surface area (Å²) in [5.41, 5.74) is 2.45. The lowest BCUT2D eigenvalue weighted by atomic mass is 10.1. The molecule has 0 aliphatic carbocycles. The van der Waals surface area contributed by atoms with Gasteiger partial charge in [0.15, 0.2) is 0 Å². The van der Waals surface area contributed by atoms with Crippen LogP contribution in [-0.4, -0.2) is 55.4 Å². The van der Waals surface area contributed by atoms with E-state index >= 15 is 0 Å². The Kier molecular flexibility index (Phi) is 6.19. The maximum absolute atomic E-state index is 10.2. The molecule has 1 aliphatic rings. The minimum atomic E-state index is -0.486. The van der Waals surface area contributed by atoms with Crippen LogP contribution in [0.3, 0.4) is 0 Å². The molecule has 1 aliphatic heterocycles. The number of aliphatic hydroxyl groups excluding tert-OH is 1. The van der Waals surface area contributed by atoms with Gasteiger partial charge in [0, 0.05) is 43.4 Å². The van der Waals surface area contributed by atoms with E-state index in [1.54, 1.807) is 0 Å². The molecule has 3 rings (SSSR count). The monoisotopic (exact) mass is 360 g/mol. The molecule has 0 bridgehead atoms. The Labute approximate surface area is 154 Å². The van der Waals surface area contributed by atoms with Crippen LogP contribution < -0.4 is 9.64 Å². The Balaban J connectivity index is 1.45. The van der Waals surface area contributed by atoms with Gasteiger partial charge in [0.25, 0.3) is 0 Å². The maximum Gasteiger partial charge on any atom is 0.119 e. The second kappa shape index (κ2) is 8.56. The van der Waals surface area contributed by atoms with E-state index in [9.17, 15) is 5.11 Å². The molecule has 0 saturated carbocycles. The molecule has 1 heterocycles. The number of aryl methyl sites for hydroxylation is 1. The number of β-amino-alcohol motifs (C(OH)–C–C–N with tert-alkyl or cyclic N) is 1.